The van der Waals surface area contributed by atoms with Gasteiger partial charge in [0, 0.05) is 29.2 Å². The number of hydrogen-bond acceptors (Lipinski definition) is 6. The fourth-order valence-corrected chi connectivity index (χ4v) is 4.43. The third-order valence-corrected chi connectivity index (χ3v) is 5.96. The number of ether oxygens (including phenoxy) is 4. The predicted octanol–water partition coefficient (Wildman–Crippen LogP) is 4.39. The van der Waals surface area contributed by atoms with E-state index < -0.39 is 0 Å². The number of aromatic nitrogens is 1. The molecule has 0 amide bonds. The normalized spacial score (nSPS) is 13.1. The van der Waals surface area contributed by atoms with Crippen molar-refractivity contribution in [2.45, 2.75) is 26.5 Å². The van der Waals surface area contributed by atoms with Gasteiger partial charge in [-0.25, -0.2) is 0 Å². The van der Waals surface area contributed by atoms with E-state index in [4.69, 9.17) is 18.9 Å². The fraction of sp³-hybridized carbons (Fsp3) is 0.346. The molecule has 4 aromatic rings. The van der Waals surface area contributed by atoms with E-state index >= 15 is 0 Å². The molecule has 2 heterocycles. The summed E-state index contributed by atoms with van der Waals surface area (Å²) >= 11 is 0. The van der Waals surface area contributed by atoms with Crippen LogP contribution in [-0.4, -0.2) is 50.1 Å². The highest BCUT2D eigenvalue weighted by molar-refractivity contribution is 6.16. The second-order valence-electron chi connectivity index (χ2n) is 8.86. The molecule has 1 aliphatic heterocycles. The number of pyridine rings is 1. The van der Waals surface area contributed by atoms with Gasteiger partial charge in [0.05, 0.1) is 24.1 Å². The van der Waals surface area contributed by atoms with Gasteiger partial charge in [-0.15, -0.1) is 0 Å². The minimum Gasteiger partial charge on any atom is -0.493 e. The van der Waals surface area contributed by atoms with Crippen molar-refractivity contribution in [1.29, 1.82) is 0 Å². The van der Waals surface area contributed by atoms with E-state index in [1.54, 1.807) is 13.2 Å². The van der Waals surface area contributed by atoms with Crippen molar-refractivity contribution < 1.29 is 18.9 Å². The molecule has 7 heteroatoms. The summed E-state index contributed by atoms with van der Waals surface area (Å²) in [4.78, 5) is 15.9. The standard InChI is InChI=1S/C26H28N2O5/c1-15(2)33-24-12-19-17-7-6-16-10-22-23(32-14-31-22)11-18(16)25(17)28(9-8-27(3)4)26(29)20(19)13-21(24)30-5/h6-7,10-13,15H,8-9,14H2,1-5H3. The van der Waals surface area contributed by atoms with Gasteiger partial charge in [0.2, 0.25) is 6.79 Å². The number of methoxy groups -OCH3 is 1. The van der Waals surface area contributed by atoms with Crippen molar-refractivity contribution in [3.05, 3.63) is 46.8 Å². The molecule has 0 unspecified atom stereocenters. The molecule has 0 aliphatic carbocycles. The maximum absolute atomic E-state index is 13.8. The first-order valence-corrected chi connectivity index (χ1v) is 11.1. The Morgan fingerprint density at radius 3 is 2.39 bits per heavy atom. The van der Waals surface area contributed by atoms with E-state index in [0.717, 1.165) is 39.4 Å². The largest absolute Gasteiger partial charge is 0.493 e. The second-order valence-corrected chi connectivity index (χ2v) is 8.86. The van der Waals surface area contributed by atoms with Crippen molar-refractivity contribution in [3.8, 4) is 23.0 Å². The van der Waals surface area contributed by atoms with Crippen LogP contribution >= 0.6 is 0 Å². The quantitative estimate of drug-likeness (QED) is 0.408. The first kappa shape index (κ1) is 21.4. The predicted molar refractivity (Wildman–Crippen MR) is 130 cm³/mol. The second kappa shape index (κ2) is 8.15. The van der Waals surface area contributed by atoms with Gasteiger partial charge in [0.25, 0.3) is 5.56 Å². The van der Waals surface area contributed by atoms with Crippen molar-refractivity contribution in [2.75, 3.05) is 34.5 Å². The Labute approximate surface area is 192 Å². The zero-order chi connectivity index (χ0) is 23.3. The third kappa shape index (κ3) is 3.62. The fourth-order valence-electron chi connectivity index (χ4n) is 4.43. The molecule has 0 bridgehead atoms. The highest BCUT2D eigenvalue weighted by atomic mass is 16.7. The number of rotatable bonds is 6. The van der Waals surface area contributed by atoms with Crippen LogP contribution in [0.1, 0.15) is 13.8 Å². The van der Waals surface area contributed by atoms with Crippen LogP contribution < -0.4 is 24.5 Å². The highest BCUT2D eigenvalue weighted by Crippen LogP contribution is 2.41. The van der Waals surface area contributed by atoms with Crippen molar-refractivity contribution in [3.63, 3.8) is 0 Å². The number of hydrogen-bond donors (Lipinski definition) is 0. The summed E-state index contributed by atoms with van der Waals surface area (Å²) in [5, 5.41) is 4.38. The van der Waals surface area contributed by atoms with Crippen molar-refractivity contribution >= 4 is 32.4 Å². The molecule has 0 saturated heterocycles. The van der Waals surface area contributed by atoms with Gasteiger partial charge in [-0.3, -0.25) is 4.79 Å². The van der Waals surface area contributed by atoms with Crippen LogP contribution in [0, 0.1) is 0 Å². The van der Waals surface area contributed by atoms with E-state index in [1.165, 1.54) is 0 Å². The lowest BCUT2D eigenvalue weighted by molar-refractivity contribution is 0.174. The molecular weight excluding hydrogens is 420 g/mol. The molecule has 3 aromatic carbocycles. The molecule has 0 radical (unpaired) electrons. The third-order valence-electron chi connectivity index (χ3n) is 5.96. The molecule has 0 fully saturated rings. The molecule has 0 saturated carbocycles. The van der Waals surface area contributed by atoms with Gasteiger partial charge in [-0.05, 0) is 57.6 Å². The summed E-state index contributed by atoms with van der Waals surface area (Å²) in [5.41, 5.74) is 0.824. The van der Waals surface area contributed by atoms with Crippen LogP contribution in [0.3, 0.4) is 0 Å². The number of fused-ring (bicyclic) bond motifs is 6. The van der Waals surface area contributed by atoms with Gasteiger partial charge in [-0.1, -0.05) is 12.1 Å². The summed E-state index contributed by atoms with van der Waals surface area (Å²) in [6.45, 7) is 5.43. The molecule has 0 N–H and O–H groups in total. The maximum Gasteiger partial charge on any atom is 0.259 e. The molecule has 1 aromatic heterocycles. The molecule has 0 spiro atoms. The molecule has 7 nitrogen and oxygen atoms in total. The molecule has 1 aliphatic rings. The van der Waals surface area contributed by atoms with E-state index in [-0.39, 0.29) is 18.5 Å². The van der Waals surface area contributed by atoms with E-state index in [2.05, 4.69) is 17.0 Å². The van der Waals surface area contributed by atoms with Crippen LogP contribution in [0.4, 0.5) is 0 Å². The van der Waals surface area contributed by atoms with Crippen LogP contribution in [0.15, 0.2) is 41.2 Å². The van der Waals surface area contributed by atoms with Gasteiger partial charge < -0.3 is 28.4 Å². The molecular formula is C26H28N2O5. The minimum atomic E-state index is -0.0566. The van der Waals surface area contributed by atoms with Crippen LogP contribution in [0.2, 0.25) is 0 Å². The molecule has 172 valence electrons. The van der Waals surface area contributed by atoms with Gasteiger partial charge >= 0.3 is 0 Å². The average Bonchev–Trinajstić information content (AvgIpc) is 3.23. The number of benzene rings is 3. The lowest BCUT2D eigenvalue weighted by atomic mass is 9.99. The lowest BCUT2D eigenvalue weighted by Gasteiger charge is -2.19. The summed E-state index contributed by atoms with van der Waals surface area (Å²) in [7, 11) is 5.60. The Kier molecular flexibility index (Phi) is 5.29. The highest BCUT2D eigenvalue weighted by Gasteiger charge is 2.20. The number of nitrogens with zero attached hydrogens (tertiary/aromatic N) is 2. The zero-order valence-electron chi connectivity index (χ0n) is 19.6. The molecule has 33 heavy (non-hydrogen) atoms. The van der Waals surface area contributed by atoms with Crippen LogP contribution in [0.5, 0.6) is 23.0 Å². The topological polar surface area (TPSA) is 62.2 Å². The van der Waals surface area contributed by atoms with Crippen molar-refractivity contribution in [1.82, 2.24) is 9.47 Å². The van der Waals surface area contributed by atoms with E-state index in [1.807, 2.05) is 50.7 Å². The minimum absolute atomic E-state index is 0.0244. The summed E-state index contributed by atoms with van der Waals surface area (Å²) < 4.78 is 24.7. The zero-order valence-corrected chi connectivity index (χ0v) is 19.6. The van der Waals surface area contributed by atoms with Crippen LogP contribution in [0.25, 0.3) is 32.4 Å². The SMILES string of the molecule is COc1cc2c(=O)n(CCN(C)C)c3c4cc5c(cc4ccc3c2cc1OC(C)C)OCO5. The Balaban J connectivity index is 1.91. The molecule has 5 rings (SSSR count). The average molecular weight is 449 g/mol. The number of likely N-dealkylation sites (N-methyl/N-ethyl adjacent to an activating group) is 1. The Morgan fingerprint density at radius 1 is 0.970 bits per heavy atom. The summed E-state index contributed by atoms with van der Waals surface area (Å²) in [6, 6.07) is 11.8. The summed E-state index contributed by atoms with van der Waals surface area (Å²) in [5.74, 6) is 2.59. The Morgan fingerprint density at radius 2 is 1.70 bits per heavy atom. The van der Waals surface area contributed by atoms with Crippen LogP contribution in [-0.2, 0) is 6.54 Å². The molecule has 0 atom stereocenters. The van der Waals surface area contributed by atoms with Gasteiger partial charge in [0.1, 0.15) is 0 Å². The Hall–Kier alpha value is -3.45. The smallest absolute Gasteiger partial charge is 0.259 e. The van der Waals surface area contributed by atoms with E-state index in [9.17, 15) is 4.79 Å². The maximum atomic E-state index is 13.8. The van der Waals surface area contributed by atoms with Gasteiger partial charge in [0.15, 0.2) is 23.0 Å². The first-order chi connectivity index (χ1) is 15.9. The monoisotopic (exact) mass is 448 g/mol. The first-order valence-electron chi connectivity index (χ1n) is 11.1. The van der Waals surface area contributed by atoms with E-state index in [0.29, 0.717) is 29.2 Å². The Bertz CT molecular complexity index is 1440. The lowest BCUT2D eigenvalue weighted by Crippen LogP contribution is -2.27. The summed E-state index contributed by atoms with van der Waals surface area (Å²) in [6.07, 6.45) is -0.0244. The van der Waals surface area contributed by atoms with Gasteiger partial charge in [-0.2, -0.15) is 0 Å². The van der Waals surface area contributed by atoms with Crippen molar-refractivity contribution in [2.24, 2.45) is 0 Å².